The Morgan fingerprint density at radius 1 is 1.32 bits per heavy atom. The van der Waals surface area contributed by atoms with Crippen LogP contribution in [0.5, 0.6) is 0 Å². The van der Waals surface area contributed by atoms with Gasteiger partial charge in [-0.05, 0) is 44.5 Å². The summed E-state index contributed by atoms with van der Waals surface area (Å²) in [7, 11) is 0. The molecule has 1 fully saturated rings. The van der Waals surface area contributed by atoms with Crippen molar-refractivity contribution in [3.63, 3.8) is 0 Å². The number of nitrogens with zero attached hydrogens (tertiary/aromatic N) is 2. The van der Waals surface area contributed by atoms with Gasteiger partial charge in [-0.2, -0.15) is 0 Å². The molecule has 102 valence electrons. The monoisotopic (exact) mass is 259 g/mol. The number of rotatable bonds is 4. The van der Waals surface area contributed by atoms with Crippen LogP contribution in [0, 0.1) is 0 Å². The summed E-state index contributed by atoms with van der Waals surface area (Å²) in [4.78, 5) is 7.04. The van der Waals surface area contributed by atoms with E-state index in [-0.39, 0.29) is 0 Å². The second kappa shape index (κ2) is 5.72. The van der Waals surface area contributed by atoms with Crippen molar-refractivity contribution in [1.82, 2.24) is 9.88 Å². The molecule has 0 bridgehead atoms. The van der Waals surface area contributed by atoms with Gasteiger partial charge in [0.05, 0.1) is 6.54 Å². The third kappa shape index (κ3) is 2.80. The maximum atomic E-state index is 5.81. The van der Waals surface area contributed by atoms with Gasteiger partial charge in [0.15, 0.2) is 5.58 Å². The Kier molecular flexibility index (Phi) is 3.80. The maximum Gasteiger partial charge on any atom is 0.209 e. The van der Waals surface area contributed by atoms with Gasteiger partial charge in [0.25, 0.3) is 0 Å². The van der Waals surface area contributed by atoms with Gasteiger partial charge < -0.3 is 10.2 Å². The highest BCUT2D eigenvalue weighted by molar-refractivity contribution is 5.72. The van der Waals surface area contributed by atoms with E-state index in [1.165, 1.54) is 19.3 Å². The number of likely N-dealkylation sites (tertiary alicyclic amines) is 1. The lowest BCUT2D eigenvalue weighted by atomic mass is 9.99. The highest BCUT2D eigenvalue weighted by Crippen LogP contribution is 2.23. The maximum absolute atomic E-state index is 5.81. The molecule has 0 aliphatic carbocycles. The number of piperidine rings is 1. The zero-order chi connectivity index (χ0) is 13.1. The molecule has 1 atom stereocenters. The van der Waals surface area contributed by atoms with Crippen molar-refractivity contribution in [3.05, 3.63) is 30.2 Å². The molecule has 1 aliphatic heterocycles. The summed E-state index contributed by atoms with van der Waals surface area (Å²) in [5, 5.41) is 0. The number of nitrogens with two attached hydrogens (primary N) is 1. The van der Waals surface area contributed by atoms with Gasteiger partial charge in [-0.25, -0.2) is 4.98 Å². The minimum Gasteiger partial charge on any atom is -0.439 e. The average molecular weight is 259 g/mol. The summed E-state index contributed by atoms with van der Waals surface area (Å²) in [6, 6.07) is 8.53. The van der Waals surface area contributed by atoms with E-state index in [0.29, 0.717) is 6.04 Å². The van der Waals surface area contributed by atoms with E-state index in [1.54, 1.807) is 0 Å². The van der Waals surface area contributed by atoms with Crippen molar-refractivity contribution < 1.29 is 4.42 Å². The number of benzene rings is 1. The number of hydrogen-bond acceptors (Lipinski definition) is 4. The van der Waals surface area contributed by atoms with Crippen molar-refractivity contribution in [2.45, 2.75) is 38.3 Å². The fourth-order valence-electron chi connectivity index (χ4n) is 2.95. The molecule has 1 saturated heterocycles. The summed E-state index contributed by atoms with van der Waals surface area (Å²) in [6.07, 6.45) is 4.90. The Labute approximate surface area is 113 Å². The molecule has 1 aromatic carbocycles. The zero-order valence-electron chi connectivity index (χ0n) is 11.2. The molecular formula is C15H21N3O. The van der Waals surface area contributed by atoms with Crippen LogP contribution in [0.2, 0.25) is 0 Å². The lowest BCUT2D eigenvalue weighted by Crippen LogP contribution is -2.40. The first-order valence-corrected chi connectivity index (χ1v) is 7.15. The van der Waals surface area contributed by atoms with Gasteiger partial charge in [0.2, 0.25) is 5.89 Å². The van der Waals surface area contributed by atoms with Crippen molar-refractivity contribution >= 4 is 11.1 Å². The Morgan fingerprint density at radius 2 is 2.21 bits per heavy atom. The smallest absolute Gasteiger partial charge is 0.209 e. The van der Waals surface area contributed by atoms with Gasteiger partial charge in [-0.1, -0.05) is 18.6 Å². The van der Waals surface area contributed by atoms with E-state index in [1.807, 2.05) is 24.3 Å². The first-order valence-electron chi connectivity index (χ1n) is 7.15. The van der Waals surface area contributed by atoms with Crippen LogP contribution in [0.25, 0.3) is 11.1 Å². The molecule has 19 heavy (non-hydrogen) atoms. The van der Waals surface area contributed by atoms with Gasteiger partial charge >= 0.3 is 0 Å². The number of para-hydroxylation sites is 2. The van der Waals surface area contributed by atoms with E-state index in [9.17, 15) is 0 Å². The van der Waals surface area contributed by atoms with E-state index >= 15 is 0 Å². The molecule has 2 aromatic rings. The summed E-state index contributed by atoms with van der Waals surface area (Å²) in [5.41, 5.74) is 7.54. The Morgan fingerprint density at radius 3 is 3.05 bits per heavy atom. The lowest BCUT2D eigenvalue weighted by Gasteiger charge is -2.34. The number of oxazole rings is 1. The number of hydrogen-bond donors (Lipinski definition) is 1. The predicted molar refractivity (Wildman–Crippen MR) is 75.7 cm³/mol. The van der Waals surface area contributed by atoms with Crippen LogP contribution < -0.4 is 5.73 Å². The van der Waals surface area contributed by atoms with Gasteiger partial charge in [0.1, 0.15) is 5.52 Å². The first kappa shape index (κ1) is 12.6. The first-order chi connectivity index (χ1) is 9.36. The van der Waals surface area contributed by atoms with Gasteiger partial charge in [-0.15, -0.1) is 0 Å². The summed E-state index contributed by atoms with van der Waals surface area (Å²) < 4.78 is 5.81. The Balaban J connectivity index is 1.75. The molecule has 0 radical (unpaired) electrons. The molecule has 0 saturated carbocycles. The van der Waals surface area contributed by atoms with Crippen LogP contribution in [-0.2, 0) is 6.54 Å². The van der Waals surface area contributed by atoms with Crippen LogP contribution in [0.4, 0.5) is 0 Å². The molecule has 4 nitrogen and oxygen atoms in total. The number of aromatic nitrogens is 1. The minimum absolute atomic E-state index is 0.591. The highest BCUT2D eigenvalue weighted by atomic mass is 16.3. The fourth-order valence-corrected chi connectivity index (χ4v) is 2.95. The SMILES string of the molecule is NCCC1CCCCN1Cc1nc2ccccc2o1. The number of fused-ring (bicyclic) bond motifs is 1. The molecule has 2 heterocycles. The van der Waals surface area contributed by atoms with Crippen LogP contribution in [-0.4, -0.2) is 29.0 Å². The van der Waals surface area contributed by atoms with Crippen LogP contribution in [0.3, 0.4) is 0 Å². The summed E-state index contributed by atoms with van der Waals surface area (Å²) >= 11 is 0. The van der Waals surface area contributed by atoms with E-state index < -0.39 is 0 Å². The van der Waals surface area contributed by atoms with E-state index in [0.717, 1.165) is 43.0 Å². The molecular weight excluding hydrogens is 238 g/mol. The molecule has 4 heteroatoms. The van der Waals surface area contributed by atoms with Crippen molar-refractivity contribution in [3.8, 4) is 0 Å². The van der Waals surface area contributed by atoms with Gasteiger partial charge in [-0.3, -0.25) is 4.90 Å². The van der Waals surface area contributed by atoms with E-state index in [4.69, 9.17) is 10.2 Å². The Bertz CT molecular complexity index is 502. The van der Waals surface area contributed by atoms with E-state index in [2.05, 4.69) is 9.88 Å². The van der Waals surface area contributed by atoms with Crippen molar-refractivity contribution in [2.24, 2.45) is 5.73 Å². The minimum atomic E-state index is 0.591. The third-order valence-corrected chi connectivity index (χ3v) is 3.93. The fraction of sp³-hybridized carbons (Fsp3) is 0.533. The Hall–Kier alpha value is -1.39. The topological polar surface area (TPSA) is 55.3 Å². The average Bonchev–Trinajstić information content (AvgIpc) is 2.83. The molecule has 1 unspecified atom stereocenters. The zero-order valence-corrected chi connectivity index (χ0v) is 11.2. The largest absolute Gasteiger partial charge is 0.439 e. The predicted octanol–water partition coefficient (Wildman–Crippen LogP) is 2.53. The molecule has 3 rings (SSSR count). The van der Waals surface area contributed by atoms with Gasteiger partial charge in [0, 0.05) is 6.04 Å². The molecule has 0 spiro atoms. The second-order valence-corrected chi connectivity index (χ2v) is 5.27. The highest BCUT2D eigenvalue weighted by Gasteiger charge is 2.23. The van der Waals surface area contributed by atoms with Crippen molar-refractivity contribution in [1.29, 1.82) is 0 Å². The van der Waals surface area contributed by atoms with Crippen LogP contribution in [0.15, 0.2) is 28.7 Å². The molecule has 2 N–H and O–H groups in total. The molecule has 0 amide bonds. The van der Waals surface area contributed by atoms with Crippen LogP contribution >= 0.6 is 0 Å². The third-order valence-electron chi connectivity index (χ3n) is 3.93. The molecule has 1 aromatic heterocycles. The van der Waals surface area contributed by atoms with Crippen molar-refractivity contribution in [2.75, 3.05) is 13.1 Å². The lowest BCUT2D eigenvalue weighted by molar-refractivity contribution is 0.123. The second-order valence-electron chi connectivity index (χ2n) is 5.27. The normalized spacial score (nSPS) is 21.0. The summed E-state index contributed by atoms with van der Waals surface area (Å²) in [6.45, 7) is 2.69. The molecule has 1 aliphatic rings. The standard InChI is InChI=1S/C15H21N3O/c16-9-8-12-5-3-4-10-18(12)11-15-17-13-6-1-2-7-14(13)19-15/h1-2,6-7,12H,3-5,8-11,16H2. The van der Waals surface area contributed by atoms with Crippen LogP contribution in [0.1, 0.15) is 31.6 Å². The quantitative estimate of drug-likeness (QED) is 0.916. The summed E-state index contributed by atoms with van der Waals surface area (Å²) in [5.74, 6) is 0.824.